The van der Waals surface area contributed by atoms with E-state index in [0.29, 0.717) is 6.61 Å². The number of hydrogen-bond acceptors (Lipinski definition) is 4. The summed E-state index contributed by atoms with van der Waals surface area (Å²) in [5.74, 6) is 1.68. The lowest BCUT2D eigenvalue weighted by Gasteiger charge is -2.12. The van der Waals surface area contributed by atoms with Crippen molar-refractivity contribution in [3.63, 3.8) is 0 Å². The number of benzene rings is 1. The number of ether oxygens (including phenoxy) is 1. The van der Waals surface area contributed by atoms with Crippen molar-refractivity contribution < 1.29 is 4.74 Å². The average molecular weight is 280 g/mol. The minimum absolute atomic E-state index is 0.641. The molecular formula is C16H16N4O. The van der Waals surface area contributed by atoms with Crippen LogP contribution in [0.3, 0.4) is 0 Å². The smallest absolute Gasteiger partial charge is 0.139 e. The van der Waals surface area contributed by atoms with Crippen LogP contribution in [-0.4, -0.2) is 26.4 Å². The van der Waals surface area contributed by atoms with Crippen LogP contribution in [0, 0.1) is 6.92 Å². The third-order valence-corrected chi connectivity index (χ3v) is 3.23. The van der Waals surface area contributed by atoms with Crippen LogP contribution in [-0.2, 0) is 0 Å². The molecule has 0 aliphatic carbocycles. The van der Waals surface area contributed by atoms with Crippen molar-refractivity contribution in [2.75, 3.05) is 6.61 Å². The molecule has 2 heterocycles. The number of hydrogen-bond donors (Lipinski definition) is 0. The molecule has 0 fully saturated rings. The van der Waals surface area contributed by atoms with Gasteiger partial charge in [0.25, 0.3) is 0 Å². The van der Waals surface area contributed by atoms with E-state index in [-0.39, 0.29) is 0 Å². The summed E-state index contributed by atoms with van der Waals surface area (Å²) in [4.78, 5) is 4.62. The molecular weight excluding hydrogens is 264 g/mol. The van der Waals surface area contributed by atoms with Crippen molar-refractivity contribution in [1.29, 1.82) is 0 Å². The summed E-state index contributed by atoms with van der Waals surface area (Å²) in [6.45, 7) is 4.62. The number of aromatic nitrogens is 4. The molecule has 0 N–H and O–H groups in total. The molecule has 5 nitrogen and oxygen atoms in total. The van der Waals surface area contributed by atoms with Crippen LogP contribution < -0.4 is 4.74 Å². The van der Waals surface area contributed by atoms with Gasteiger partial charge in [0.05, 0.1) is 6.61 Å². The molecule has 0 saturated carbocycles. The van der Waals surface area contributed by atoms with E-state index < -0.39 is 0 Å². The number of aryl methyl sites for hydroxylation is 1. The summed E-state index contributed by atoms with van der Waals surface area (Å²) in [5, 5.41) is 7.60. The highest BCUT2D eigenvalue weighted by atomic mass is 16.5. The molecule has 1 aromatic carbocycles. The first-order valence-electron chi connectivity index (χ1n) is 6.84. The SMILES string of the molecule is CCOc1ccccc1-c1ccc(-n2cnnc2)nc1C. The van der Waals surface area contributed by atoms with Gasteiger partial charge in [0.15, 0.2) is 0 Å². The second-order valence-corrected chi connectivity index (χ2v) is 4.60. The summed E-state index contributed by atoms with van der Waals surface area (Å²) < 4.78 is 7.48. The van der Waals surface area contributed by atoms with E-state index in [1.54, 1.807) is 17.2 Å². The van der Waals surface area contributed by atoms with Gasteiger partial charge in [-0.25, -0.2) is 4.98 Å². The maximum absolute atomic E-state index is 5.70. The van der Waals surface area contributed by atoms with E-state index in [1.165, 1.54) is 0 Å². The molecule has 2 aromatic heterocycles. The van der Waals surface area contributed by atoms with E-state index in [1.807, 2.05) is 44.2 Å². The van der Waals surface area contributed by atoms with Crippen molar-refractivity contribution in [2.24, 2.45) is 0 Å². The van der Waals surface area contributed by atoms with Gasteiger partial charge in [0, 0.05) is 16.8 Å². The molecule has 106 valence electrons. The zero-order valence-corrected chi connectivity index (χ0v) is 12.0. The van der Waals surface area contributed by atoms with Gasteiger partial charge in [0.2, 0.25) is 0 Å². The van der Waals surface area contributed by atoms with E-state index >= 15 is 0 Å². The fourth-order valence-electron chi connectivity index (χ4n) is 2.27. The summed E-state index contributed by atoms with van der Waals surface area (Å²) >= 11 is 0. The van der Waals surface area contributed by atoms with Gasteiger partial charge >= 0.3 is 0 Å². The summed E-state index contributed by atoms with van der Waals surface area (Å²) in [7, 11) is 0. The number of nitrogens with zero attached hydrogens (tertiary/aromatic N) is 4. The third-order valence-electron chi connectivity index (χ3n) is 3.23. The van der Waals surface area contributed by atoms with E-state index in [9.17, 15) is 0 Å². The molecule has 0 unspecified atom stereocenters. The zero-order chi connectivity index (χ0) is 14.7. The van der Waals surface area contributed by atoms with Gasteiger partial charge in [0.1, 0.15) is 24.2 Å². The fraction of sp³-hybridized carbons (Fsp3) is 0.188. The maximum Gasteiger partial charge on any atom is 0.139 e. The van der Waals surface area contributed by atoms with Crippen LogP contribution >= 0.6 is 0 Å². The van der Waals surface area contributed by atoms with Gasteiger partial charge in [-0.15, -0.1) is 10.2 Å². The fourth-order valence-corrected chi connectivity index (χ4v) is 2.27. The number of rotatable bonds is 4. The third kappa shape index (κ3) is 2.63. The van der Waals surface area contributed by atoms with Crippen molar-refractivity contribution >= 4 is 0 Å². The molecule has 0 aliphatic heterocycles. The van der Waals surface area contributed by atoms with E-state index in [4.69, 9.17) is 4.74 Å². The van der Waals surface area contributed by atoms with E-state index in [2.05, 4.69) is 21.2 Å². The first kappa shape index (κ1) is 13.3. The predicted molar refractivity (Wildman–Crippen MR) is 80.5 cm³/mol. The normalized spacial score (nSPS) is 10.6. The van der Waals surface area contributed by atoms with Crippen molar-refractivity contribution in [1.82, 2.24) is 19.7 Å². The highest BCUT2D eigenvalue weighted by molar-refractivity contribution is 5.72. The molecule has 3 rings (SSSR count). The Morgan fingerprint density at radius 2 is 1.76 bits per heavy atom. The molecule has 0 aliphatic rings. The summed E-state index contributed by atoms with van der Waals surface area (Å²) in [5.41, 5.74) is 3.06. The van der Waals surface area contributed by atoms with Crippen LogP contribution in [0.2, 0.25) is 0 Å². The van der Waals surface area contributed by atoms with Crippen LogP contribution in [0.25, 0.3) is 16.9 Å². The minimum atomic E-state index is 0.641. The Kier molecular flexibility index (Phi) is 3.64. The largest absolute Gasteiger partial charge is 0.493 e. The molecule has 0 spiro atoms. The summed E-state index contributed by atoms with van der Waals surface area (Å²) in [6, 6.07) is 12.0. The highest BCUT2D eigenvalue weighted by Gasteiger charge is 2.10. The van der Waals surface area contributed by atoms with Gasteiger partial charge in [-0.3, -0.25) is 4.57 Å². The Bertz CT molecular complexity index is 738. The molecule has 0 saturated heterocycles. The van der Waals surface area contributed by atoms with E-state index in [0.717, 1.165) is 28.4 Å². The van der Waals surface area contributed by atoms with Gasteiger partial charge in [-0.1, -0.05) is 18.2 Å². The predicted octanol–water partition coefficient (Wildman–Crippen LogP) is 3.04. The Hall–Kier alpha value is -2.69. The molecule has 0 amide bonds. The second-order valence-electron chi connectivity index (χ2n) is 4.60. The molecule has 3 aromatic rings. The van der Waals surface area contributed by atoms with Crippen LogP contribution in [0.15, 0.2) is 49.1 Å². The summed E-state index contributed by atoms with van der Waals surface area (Å²) in [6.07, 6.45) is 3.27. The molecule has 21 heavy (non-hydrogen) atoms. The Morgan fingerprint density at radius 3 is 2.48 bits per heavy atom. The monoisotopic (exact) mass is 280 g/mol. The van der Waals surface area contributed by atoms with Crippen LogP contribution in [0.4, 0.5) is 0 Å². The second kappa shape index (κ2) is 5.75. The quantitative estimate of drug-likeness (QED) is 0.737. The lowest BCUT2D eigenvalue weighted by Crippen LogP contribution is -1.99. The topological polar surface area (TPSA) is 52.8 Å². The molecule has 0 bridgehead atoms. The van der Waals surface area contributed by atoms with Gasteiger partial charge in [-0.05, 0) is 32.0 Å². The molecule has 5 heteroatoms. The Morgan fingerprint density at radius 1 is 1.00 bits per heavy atom. The Balaban J connectivity index is 2.04. The first-order chi connectivity index (χ1) is 10.3. The van der Waals surface area contributed by atoms with Crippen LogP contribution in [0.1, 0.15) is 12.6 Å². The Labute approximate surface area is 123 Å². The van der Waals surface area contributed by atoms with Gasteiger partial charge in [-0.2, -0.15) is 0 Å². The van der Waals surface area contributed by atoms with Gasteiger partial charge < -0.3 is 4.74 Å². The lowest BCUT2D eigenvalue weighted by atomic mass is 10.0. The van der Waals surface area contributed by atoms with Crippen LogP contribution in [0.5, 0.6) is 5.75 Å². The van der Waals surface area contributed by atoms with Crippen molar-refractivity contribution in [3.8, 4) is 22.7 Å². The maximum atomic E-state index is 5.70. The first-order valence-corrected chi connectivity index (χ1v) is 6.84. The molecule has 0 atom stereocenters. The number of para-hydroxylation sites is 1. The lowest BCUT2D eigenvalue weighted by molar-refractivity contribution is 0.341. The standard InChI is InChI=1S/C16H16N4O/c1-3-21-15-7-5-4-6-14(15)13-8-9-16(19-12(13)2)20-10-17-18-11-20/h4-11H,3H2,1-2H3. The average Bonchev–Trinajstić information content (AvgIpc) is 3.03. The molecule has 0 radical (unpaired) electrons. The van der Waals surface area contributed by atoms with Crippen molar-refractivity contribution in [2.45, 2.75) is 13.8 Å². The minimum Gasteiger partial charge on any atom is -0.493 e. The zero-order valence-electron chi connectivity index (χ0n) is 12.0. The highest BCUT2D eigenvalue weighted by Crippen LogP contribution is 2.31. The van der Waals surface area contributed by atoms with Crippen molar-refractivity contribution in [3.05, 3.63) is 54.7 Å². The number of pyridine rings is 1.